The summed E-state index contributed by atoms with van der Waals surface area (Å²) in [5.41, 5.74) is 3.00. The van der Waals surface area contributed by atoms with E-state index in [0.29, 0.717) is 26.1 Å². The van der Waals surface area contributed by atoms with E-state index in [0.717, 1.165) is 0 Å². The minimum Gasteiger partial charge on any atom is 0 e. The fraction of sp³-hybridized carbons (Fsp3) is 0.364. The van der Waals surface area contributed by atoms with Crippen LogP contribution in [0.2, 0.25) is 0 Å². The quantitative estimate of drug-likeness (QED) is 0.202. The smallest absolute Gasteiger partial charge is 0 e. The molecule has 0 aliphatic carbocycles. The molecule has 0 fully saturated rings. The van der Waals surface area contributed by atoms with Gasteiger partial charge in [-0.2, -0.15) is 0 Å². The molecule has 0 nitrogen and oxygen atoms in total. The summed E-state index contributed by atoms with van der Waals surface area (Å²) in [5, 5.41) is 0. The Bertz CT molecular complexity index is 329. The van der Waals surface area contributed by atoms with E-state index >= 15 is 0 Å². The van der Waals surface area contributed by atoms with Gasteiger partial charge in [0, 0.05) is 25.8 Å². The third kappa shape index (κ3) is 3.65. The maximum Gasteiger partial charge on any atom is 0 e. The molecule has 0 amide bonds. The molecule has 0 spiro atoms. The fourth-order valence-corrected chi connectivity index (χ4v) is 6.51. The van der Waals surface area contributed by atoms with Gasteiger partial charge in [0.1, 0.15) is 0 Å². The second kappa shape index (κ2) is 5.90. The van der Waals surface area contributed by atoms with Crippen molar-refractivity contribution >= 4 is 3.07 Å². The van der Waals surface area contributed by atoms with E-state index in [9.17, 15) is 0 Å². The van der Waals surface area contributed by atoms with Crippen LogP contribution in [0.4, 0.5) is 0 Å². The van der Waals surface area contributed by atoms with Crippen LogP contribution in [0.5, 0.6) is 0 Å². The van der Waals surface area contributed by atoms with Crippen LogP contribution in [-0.2, 0) is 57.4 Å². The van der Waals surface area contributed by atoms with E-state index in [1.165, 1.54) is 14.7 Å². The summed E-state index contributed by atoms with van der Waals surface area (Å²) in [6, 6.07) is 4.47. The van der Waals surface area contributed by atoms with Crippen LogP contribution in [-0.4, -0.2) is 0 Å². The zero-order chi connectivity index (χ0) is 10.2. The van der Waals surface area contributed by atoms with Gasteiger partial charge in [-0.1, -0.05) is 0 Å². The molecule has 0 saturated heterocycles. The molecule has 0 aliphatic rings. The van der Waals surface area contributed by atoms with Gasteiger partial charge in [0.15, 0.2) is 0 Å². The van der Waals surface area contributed by atoms with E-state index in [2.05, 4.69) is 62.4 Å². The summed E-state index contributed by atoms with van der Waals surface area (Å²) in [6.45, 7) is 10.8. The van der Waals surface area contributed by atoms with Crippen LogP contribution in [0.25, 0.3) is 0 Å². The van der Waals surface area contributed by atoms with Gasteiger partial charge in [0.25, 0.3) is 0 Å². The largest absolute Gasteiger partial charge is 0 e. The van der Waals surface area contributed by atoms with Crippen molar-refractivity contribution < 1.29 is 74.6 Å². The van der Waals surface area contributed by atoms with Crippen molar-refractivity contribution in [1.29, 1.82) is 0 Å². The molecule has 0 bridgehead atoms. The van der Waals surface area contributed by atoms with Crippen LogP contribution in [0.15, 0.2) is 12.1 Å². The second-order valence-corrected chi connectivity index (χ2v) is 8.10. The van der Waals surface area contributed by atoms with Crippen LogP contribution in [0.3, 0.4) is 0 Å². The molecule has 1 aromatic rings. The first-order chi connectivity index (χ1) is 5.84. The average Bonchev–Trinajstić information content (AvgIpc) is 1.98. The first kappa shape index (κ1) is 15.8. The van der Waals surface area contributed by atoms with Crippen LogP contribution >= 0.6 is 0 Å². The molecule has 0 heterocycles. The van der Waals surface area contributed by atoms with Crippen molar-refractivity contribution in [2.75, 3.05) is 0 Å². The second-order valence-electron chi connectivity index (χ2n) is 4.10. The number of rotatable bonds is 1. The van der Waals surface area contributed by atoms with Crippen LogP contribution < -0.4 is 25.7 Å². The van der Waals surface area contributed by atoms with Crippen molar-refractivity contribution in [3.05, 3.63) is 33.8 Å². The summed E-state index contributed by atoms with van der Waals surface area (Å²) in [6.07, 6.45) is 0. The fourth-order valence-electron chi connectivity index (χ4n) is 1.37. The molecule has 0 radical (unpaired) electrons. The van der Waals surface area contributed by atoms with Gasteiger partial charge in [-0.3, -0.25) is 0 Å². The standard InChI is InChI=1S/C11H14I.Hf.Hg/c1-8-7-9(11(2,3)4)5-6-10(8)12;;/h5-6,12H,2H2,1,3-4H3;;. The van der Waals surface area contributed by atoms with Crippen molar-refractivity contribution in [2.24, 2.45) is 0 Å². The molecule has 71 valence electrons. The minimum absolute atomic E-state index is 0. The molecule has 0 atom stereocenters. The molecule has 0 aliphatic heterocycles. The third-order valence-electron chi connectivity index (χ3n) is 2.28. The number of hydrogen-bond donors (Lipinski definition) is 0. The average molecular weight is 652 g/mol. The van der Waals surface area contributed by atoms with E-state index in [-0.39, 0.29) is 31.3 Å². The molecule has 0 N–H and O–H groups in total. The van der Waals surface area contributed by atoms with E-state index < -0.39 is 0 Å². The summed E-state index contributed by atoms with van der Waals surface area (Å²) in [4.78, 5) is 0. The Morgan fingerprint density at radius 3 is 2.29 bits per heavy atom. The minimum atomic E-state index is 0. The van der Waals surface area contributed by atoms with Gasteiger partial charge < -0.3 is 0 Å². The Morgan fingerprint density at radius 1 is 1.36 bits per heavy atom. The molecule has 3 heteroatoms. The number of hydrogen-bond acceptors (Lipinski definition) is 0. The van der Waals surface area contributed by atoms with E-state index in [1.54, 1.807) is 3.07 Å². The SMILES string of the molecule is [CH2-]C(C)(C)c1ccc([IH+])c(C)[c]1[Hg].[Hf]. The molecule has 14 heavy (non-hydrogen) atoms. The van der Waals surface area contributed by atoms with Crippen molar-refractivity contribution in [3.63, 3.8) is 0 Å². The molecule has 1 rings (SSSR count). The Balaban J connectivity index is 0.00000169. The summed E-state index contributed by atoms with van der Waals surface area (Å²) in [7, 11) is 0. The predicted octanol–water partition coefficient (Wildman–Crippen LogP) is -1.27. The summed E-state index contributed by atoms with van der Waals surface area (Å²) in [5.74, 6) is 0. The molecular formula is C11H14HfHgI. The summed E-state index contributed by atoms with van der Waals surface area (Å²) < 4.78 is 3.01. The van der Waals surface area contributed by atoms with Crippen molar-refractivity contribution in [1.82, 2.24) is 0 Å². The Morgan fingerprint density at radius 2 is 1.86 bits per heavy atom. The van der Waals surface area contributed by atoms with Gasteiger partial charge in [-0.15, -0.1) is 0 Å². The zero-order valence-corrected chi connectivity index (χ0v) is 20.4. The topological polar surface area (TPSA) is 0 Å². The molecular weight excluding hydrogens is 638 g/mol. The van der Waals surface area contributed by atoms with Gasteiger partial charge in [-0.25, -0.2) is 0 Å². The third-order valence-corrected chi connectivity index (χ3v) is 7.08. The van der Waals surface area contributed by atoms with Crippen LogP contribution in [0.1, 0.15) is 25.0 Å². The number of halogens is 1. The van der Waals surface area contributed by atoms with E-state index in [4.69, 9.17) is 0 Å². The maximum atomic E-state index is 4.20. The molecule has 0 saturated carbocycles. The van der Waals surface area contributed by atoms with Gasteiger partial charge in [-0.05, 0) is 0 Å². The zero-order valence-electron chi connectivity index (χ0n) is 8.98. The first-order valence-electron chi connectivity index (χ1n) is 4.32. The van der Waals surface area contributed by atoms with Gasteiger partial charge >= 0.3 is 112 Å². The molecule has 1 aromatic carbocycles. The monoisotopic (exact) mass is 655 g/mol. The van der Waals surface area contributed by atoms with Crippen molar-refractivity contribution in [2.45, 2.75) is 26.2 Å². The van der Waals surface area contributed by atoms with Gasteiger partial charge in [0.2, 0.25) is 0 Å². The summed E-state index contributed by atoms with van der Waals surface area (Å²) >= 11 is 2.80. The molecule has 0 aromatic heterocycles. The Labute approximate surface area is 136 Å². The Hall–Kier alpha value is 1.76. The molecule has 0 unspecified atom stereocenters. The van der Waals surface area contributed by atoms with Crippen LogP contribution in [0, 0.1) is 17.4 Å². The number of benzene rings is 1. The van der Waals surface area contributed by atoms with E-state index in [1.807, 2.05) is 0 Å². The Kier molecular flexibility index (Phi) is 6.64. The maximum absolute atomic E-state index is 4.20. The predicted molar refractivity (Wildman–Crippen MR) is 49.3 cm³/mol. The first-order valence-corrected chi connectivity index (χ1v) is 8.24. The van der Waals surface area contributed by atoms with Crippen molar-refractivity contribution in [3.8, 4) is 0 Å². The van der Waals surface area contributed by atoms with Gasteiger partial charge in [0.05, 0.1) is 0 Å². The normalized spacial score (nSPS) is 11.1.